The number of carbonyl (C=O) groups is 1. The van der Waals surface area contributed by atoms with E-state index in [-0.39, 0.29) is 5.78 Å². The van der Waals surface area contributed by atoms with E-state index < -0.39 is 0 Å². The Morgan fingerprint density at radius 2 is 1.60 bits per heavy atom. The first-order valence-electron chi connectivity index (χ1n) is 6.40. The molecule has 0 fully saturated rings. The lowest BCUT2D eigenvalue weighted by molar-refractivity contribution is -0.123. The van der Waals surface area contributed by atoms with Crippen LogP contribution >= 0.6 is 0 Å². The van der Waals surface area contributed by atoms with Crippen molar-refractivity contribution in [2.24, 2.45) is 0 Å². The van der Waals surface area contributed by atoms with Gasteiger partial charge in [0.05, 0.1) is 0 Å². The molecule has 15 heavy (non-hydrogen) atoms. The first kappa shape index (κ1) is 14.6. The molecule has 0 saturated heterocycles. The molecule has 0 atom stereocenters. The van der Waals surface area contributed by atoms with Crippen LogP contribution in [0.5, 0.6) is 0 Å². The molecule has 2 heteroatoms. The minimum atomic E-state index is 0.255. The van der Waals surface area contributed by atoms with Crippen molar-refractivity contribution in [2.75, 3.05) is 13.2 Å². The van der Waals surface area contributed by atoms with Gasteiger partial charge in [0.1, 0.15) is 6.61 Å². The van der Waals surface area contributed by atoms with Crippen LogP contribution in [0.3, 0.4) is 0 Å². The van der Waals surface area contributed by atoms with Crippen molar-refractivity contribution in [2.45, 2.75) is 65.2 Å². The third-order valence-corrected chi connectivity index (χ3v) is 2.46. The Morgan fingerprint density at radius 3 is 2.27 bits per heavy atom. The van der Waals surface area contributed by atoms with Gasteiger partial charge in [0.15, 0.2) is 5.78 Å². The lowest BCUT2D eigenvalue weighted by Crippen LogP contribution is -2.09. The SMILES string of the molecule is CCCCCCCOCC(=O)CCCC. The summed E-state index contributed by atoms with van der Waals surface area (Å²) < 4.78 is 5.32. The molecule has 0 aromatic carbocycles. The molecular formula is C13H26O2. The Balaban J connectivity index is 3.06. The molecule has 0 spiro atoms. The standard InChI is InChI=1S/C13H26O2/c1-3-5-7-8-9-11-15-12-13(14)10-6-4-2/h3-12H2,1-2H3. The lowest BCUT2D eigenvalue weighted by Gasteiger charge is -2.03. The molecule has 0 aliphatic rings. The summed E-state index contributed by atoms with van der Waals surface area (Å²) in [6.07, 6.45) is 8.99. The van der Waals surface area contributed by atoms with Crippen molar-refractivity contribution in [3.05, 3.63) is 0 Å². The van der Waals surface area contributed by atoms with Crippen LogP contribution in [0.2, 0.25) is 0 Å². The minimum absolute atomic E-state index is 0.255. The Kier molecular flexibility index (Phi) is 11.4. The van der Waals surface area contributed by atoms with Gasteiger partial charge in [-0.15, -0.1) is 0 Å². The minimum Gasteiger partial charge on any atom is -0.374 e. The van der Waals surface area contributed by atoms with Crippen LogP contribution in [0.25, 0.3) is 0 Å². The predicted molar refractivity (Wildman–Crippen MR) is 64.1 cm³/mol. The number of rotatable bonds is 11. The van der Waals surface area contributed by atoms with Gasteiger partial charge in [0.2, 0.25) is 0 Å². The molecule has 0 rings (SSSR count). The maximum absolute atomic E-state index is 11.2. The van der Waals surface area contributed by atoms with Gasteiger partial charge in [-0.1, -0.05) is 46.0 Å². The van der Waals surface area contributed by atoms with E-state index in [1.807, 2.05) is 0 Å². The molecule has 90 valence electrons. The average molecular weight is 214 g/mol. The summed E-state index contributed by atoms with van der Waals surface area (Å²) in [6, 6.07) is 0. The zero-order valence-electron chi connectivity index (χ0n) is 10.4. The molecule has 0 unspecified atom stereocenters. The fourth-order valence-electron chi connectivity index (χ4n) is 1.44. The van der Waals surface area contributed by atoms with Gasteiger partial charge in [-0.25, -0.2) is 0 Å². The number of Topliss-reactive ketones (excluding diaryl/α,β-unsaturated/α-hetero) is 1. The zero-order valence-corrected chi connectivity index (χ0v) is 10.4. The van der Waals surface area contributed by atoms with Gasteiger partial charge in [0.25, 0.3) is 0 Å². The van der Waals surface area contributed by atoms with E-state index >= 15 is 0 Å². The quantitative estimate of drug-likeness (QED) is 0.490. The topological polar surface area (TPSA) is 26.3 Å². The zero-order chi connectivity index (χ0) is 11.4. The van der Waals surface area contributed by atoms with Gasteiger partial charge >= 0.3 is 0 Å². The van der Waals surface area contributed by atoms with Gasteiger partial charge in [-0.05, 0) is 12.8 Å². The van der Waals surface area contributed by atoms with E-state index in [1.165, 1.54) is 25.7 Å². The first-order chi connectivity index (χ1) is 7.31. The largest absolute Gasteiger partial charge is 0.374 e. The smallest absolute Gasteiger partial charge is 0.158 e. The number of ether oxygens (including phenoxy) is 1. The van der Waals surface area contributed by atoms with E-state index in [9.17, 15) is 4.79 Å². The molecule has 2 nitrogen and oxygen atoms in total. The third-order valence-electron chi connectivity index (χ3n) is 2.46. The van der Waals surface area contributed by atoms with Crippen molar-refractivity contribution in [3.63, 3.8) is 0 Å². The van der Waals surface area contributed by atoms with Crippen LogP contribution in [-0.2, 0) is 9.53 Å². The van der Waals surface area contributed by atoms with Crippen molar-refractivity contribution in [1.29, 1.82) is 0 Å². The highest BCUT2D eigenvalue weighted by molar-refractivity contribution is 5.79. The fraction of sp³-hybridized carbons (Fsp3) is 0.923. The number of carbonyl (C=O) groups excluding carboxylic acids is 1. The van der Waals surface area contributed by atoms with Gasteiger partial charge in [0, 0.05) is 13.0 Å². The molecule has 0 amide bonds. The second-order valence-electron chi connectivity index (χ2n) is 4.11. The van der Waals surface area contributed by atoms with E-state index in [0.29, 0.717) is 13.0 Å². The predicted octanol–water partition coefficient (Wildman–Crippen LogP) is 3.73. The summed E-state index contributed by atoms with van der Waals surface area (Å²) in [4.78, 5) is 11.2. The maximum atomic E-state index is 11.2. The first-order valence-corrected chi connectivity index (χ1v) is 6.40. The second kappa shape index (κ2) is 11.7. The van der Waals surface area contributed by atoms with E-state index in [2.05, 4.69) is 13.8 Å². The fourth-order valence-corrected chi connectivity index (χ4v) is 1.44. The number of hydrogen-bond donors (Lipinski definition) is 0. The Labute approximate surface area is 94.4 Å². The second-order valence-corrected chi connectivity index (χ2v) is 4.11. The lowest BCUT2D eigenvalue weighted by atomic mass is 10.2. The summed E-state index contributed by atoms with van der Waals surface area (Å²) in [5.41, 5.74) is 0. The molecule has 0 N–H and O–H groups in total. The Hall–Kier alpha value is -0.370. The monoisotopic (exact) mass is 214 g/mol. The highest BCUT2D eigenvalue weighted by atomic mass is 16.5. The highest BCUT2D eigenvalue weighted by Gasteiger charge is 2.00. The van der Waals surface area contributed by atoms with Crippen LogP contribution in [0.4, 0.5) is 0 Å². The summed E-state index contributed by atoms with van der Waals surface area (Å²) >= 11 is 0. The molecule has 0 aliphatic carbocycles. The van der Waals surface area contributed by atoms with Crippen LogP contribution in [0, 0.1) is 0 Å². The molecular weight excluding hydrogens is 188 g/mol. The van der Waals surface area contributed by atoms with Gasteiger partial charge in [-0.3, -0.25) is 4.79 Å². The maximum Gasteiger partial charge on any atom is 0.158 e. The van der Waals surface area contributed by atoms with Crippen LogP contribution in [0.15, 0.2) is 0 Å². The summed E-state index contributed by atoms with van der Waals surface area (Å²) in [6.45, 7) is 5.39. The van der Waals surface area contributed by atoms with Crippen LogP contribution in [-0.4, -0.2) is 19.0 Å². The van der Waals surface area contributed by atoms with E-state index in [0.717, 1.165) is 25.9 Å². The molecule has 0 bridgehead atoms. The van der Waals surface area contributed by atoms with E-state index in [4.69, 9.17) is 4.74 Å². The number of hydrogen-bond acceptors (Lipinski definition) is 2. The Bertz CT molecular complexity index is 143. The molecule has 0 aromatic rings. The Morgan fingerprint density at radius 1 is 0.933 bits per heavy atom. The number of unbranched alkanes of at least 4 members (excludes halogenated alkanes) is 5. The molecule has 0 aliphatic heterocycles. The van der Waals surface area contributed by atoms with Gasteiger partial charge < -0.3 is 4.74 Å². The number of ketones is 1. The molecule has 0 radical (unpaired) electrons. The van der Waals surface area contributed by atoms with Crippen LogP contribution in [0.1, 0.15) is 65.2 Å². The van der Waals surface area contributed by atoms with Gasteiger partial charge in [-0.2, -0.15) is 0 Å². The van der Waals surface area contributed by atoms with Crippen LogP contribution < -0.4 is 0 Å². The summed E-state index contributed by atoms with van der Waals surface area (Å²) in [7, 11) is 0. The summed E-state index contributed by atoms with van der Waals surface area (Å²) in [5, 5.41) is 0. The van der Waals surface area contributed by atoms with Crippen molar-refractivity contribution in [3.8, 4) is 0 Å². The normalized spacial score (nSPS) is 10.5. The molecule has 0 heterocycles. The average Bonchev–Trinajstić information content (AvgIpc) is 2.25. The van der Waals surface area contributed by atoms with Crippen molar-refractivity contribution < 1.29 is 9.53 Å². The van der Waals surface area contributed by atoms with E-state index in [1.54, 1.807) is 0 Å². The third kappa shape index (κ3) is 11.6. The summed E-state index contributed by atoms with van der Waals surface area (Å²) in [5.74, 6) is 0.255. The highest BCUT2D eigenvalue weighted by Crippen LogP contribution is 2.02. The van der Waals surface area contributed by atoms with Crippen molar-refractivity contribution >= 4 is 5.78 Å². The molecule has 0 aromatic heterocycles. The molecule has 0 saturated carbocycles. The van der Waals surface area contributed by atoms with Crippen molar-refractivity contribution in [1.82, 2.24) is 0 Å².